The van der Waals surface area contributed by atoms with Gasteiger partial charge in [0.2, 0.25) is 0 Å². The van der Waals surface area contributed by atoms with Crippen molar-refractivity contribution in [2.24, 2.45) is 0 Å². The van der Waals surface area contributed by atoms with Crippen LogP contribution in [-0.2, 0) is 5.41 Å². The lowest BCUT2D eigenvalue weighted by atomic mass is 9.59. The molecule has 280 valence electrons. The number of nitrogens with zero attached hydrogens (tertiary/aromatic N) is 2. The van der Waals surface area contributed by atoms with Gasteiger partial charge in [-0.25, -0.2) is 0 Å². The number of hydrogen-bond donors (Lipinski definition) is 0. The van der Waals surface area contributed by atoms with Crippen LogP contribution in [-0.4, -0.2) is 4.57 Å². The predicted octanol–water partition coefficient (Wildman–Crippen LogP) is 15.4. The van der Waals surface area contributed by atoms with Gasteiger partial charge in [0.1, 0.15) is 0 Å². The number of anilines is 3. The van der Waals surface area contributed by atoms with Crippen LogP contribution in [0, 0.1) is 0 Å². The lowest BCUT2D eigenvalue weighted by Gasteiger charge is -2.46. The van der Waals surface area contributed by atoms with E-state index in [4.69, 9.17) is 0 Å². The first-order valence-electron chi connectivity index (χ1n) is 20.7. The molecule has 0 fully saturated rings. The van der Waals surface area contributed by atoms with E-state index in [1.807, 2.05) is 11.8 Å². The fourth-order valence-corrected chi connectivity index (χ4v) is 11.8. The summed E-state index contributed by atoms with van der Waals surface area (Å²) in [5.41, 5.74) is 14.4. The molecule has 1 spiro atoms. The molecule has 1 aromatic heterocycles. The molecule has 1 atom stereocenters. The van der Waals surface area contributed by atoms with E-state index in [0.29, 0.717) is 0 Å². The molecule has 0 amide bonds. The van der Waals surface area contributed by atoms with E-state index in [0.717, 1.165) is 22.7 Å². The van der Waals surface area contributed by atoms with Crippen LogP contribution in [0.25, 0.3) is 60.2 Å². The van der Waals surface area contributed by atoms with Crippen molar-refractivity contribution < 1.29 is 0 Å². The smallest absolute Gasteiger partial charge is 0.0735 e. The van der Waals surface area contributed by atoms with Gasteiger partial charge in [-0.2, -0.15) is 0 Å². The Kier molecular flexibility index (Phi) is 7.19. The number of para-hydroxylation sites is 2. The topological polar surface area (TPSA) is 8.17 Å². The molecule has 0 bridgehead atoms. The molecular formula is C57H36N2S. The molecule has 0 radical (unpaired) electrons. The number of hydrogen-bond acceptors (Lipinski definition) is 2. The van der Waals surface area contributed by atoms with Crippen molar-refractivity contribution in [3.8, 4) is 16.8 Å². The molecular weight excluding hydrogens is 745 g/mol. The van der Waals surface area contributed by atoms with Crippen LogP contribution in [0.5, 0.6) is 0 Å². The monoisotopic (exact) mass is 780 g/mol. The molecule has 0 saturated heterocycles. The Bertz CT molecular complexity index is 3540. The molecule has 2 nitrogen and oxygen atoms in total. The predicted molar refractivity (Wildman–Crippen MR) is 252 cm³/mol. The lowest BCUT2D eigenvalue weighted by molar-refractivity contribution is 0.707. The zero-order valence-corrected chi connectivity index (χ0v) is 33.4. The minimum atomic E-state index is -0.497. The molecule has 60 heavy (non-hydrogen) atoms. The van der Waals surface area contributed by atoms with E-state index in [2.05, 4.69) is 228 Å². The average Bonchev–Trinajstić information content (AvgIpc) is 3.64. The highest BCUT2D eigenvalue weighted by Crippen LogP contribution is 2.62. The summed E-state index contributed by atoms with van der Waals surface area (Å²) < 4.78 is 2.39. The van der Waals surface area contributed by atoms with Crippen LogP contribution in [0.15, 0.2) is 228 Å². The first-order chi connectivity index (χ1) is 29.8. The molecule has 1 aliphatic carbocycles. The minimum absolute atomic E-state index is 0.497. The molecule has 13 rings (SSSR count). The summed E-state index contributed by atoms with van der Waals surface area (Å²) in [6.07, 6.45) is 0. The Balaban J connectivity index is 1.09. The van der Waals surface area contributed by atoms with Crippen LogP contribution in [0.2, 0.25) is 0 Å². The van der Waals surface area contributed by atoms with E-state index < -0.39 is 5.41 Å². The third-order valence-corrected chi connectivity index (χ3v) is 14.1. The van der Waals surface area contributed by atoms with Gasteiger partial charge in [-0.3, -0.25) is 0 Å². The quantitative estimate of drug-likeness (QED) is 0.176. The summed E-state index contributed by atoms with van der Waals surface area (Å²) in [4.78, 5) is 5.04. The van der Waals surface area contributed by atoms with Gasteiger partial charge >= 0.3 is 0 Å². The molecule has 2 aliphatic rings. The third kappa shape index (κ3) is 4.61. The Labute approximate surface area is 352 Å². The van der Waals surface area contributed by atoms with Crippen LogP contribution in [0.1, 0.15) is 22.3 Å². The maximum Gasteiger partial charge on any atom is 0.0735 e. The Morgan fingerprint density at radius 2 is 1.00 bits per heavy atom. The maximum atomic E-state index is 2.48. The van der Waals surface area contributed by atoms with Gasteiger partial charge in [0.05, 0.1) is 22.1 Å². The van der Waals surface area contributed by atoms with Crippen molar-refractivity contribution in [2.45, 2.75) is 15.2 Å². The molecule has 0 N–H and O–H groups in total. The summed E-state index contributed by atoms with van der Waals surface area (Å²) in [5, 5.41) is 7.51. The van der Waals surface area contributed by atoms with Crippen molar-refractivity contribution in [1.29, 1.82) is 0 Å². The maximum absolute atomic E-state index is 2.48. The first kappa shape index (κ1) is 33.6. The van der Waals surface area contributed by atoms with E-state index in [1.165, 1.54) is 86.5 Å². The Morgan fingerprint density at radius 1 is 0.383 bits per heavy atom. The summed E-state index contributed by atoms with van der Waals surface area (Å²) in [6, 6.07) is 81.2. The average molecular weight is 781 g/mol. The normalized spacial score (nSPS) is 15.0. The van der Waals surface area contributed by atoms with Crippen molar-refractivity contribution in [1.82, 2.24) is 4.57 Å². The summed E-state index contributed by atoms with van der Waals surface area (Å²) in [5.74, 6) is 0. The fourth-order valence-electron chi connectivity index (χ4n) is 10.6. The van der Waals surface area contributed by atoms with Gasteiger partial charge in [0, 0.05) is 43.0 Å². The number of rotatable bonds is 4. The van der Waals surface area contributed by atoms with Crippen molar-refractivity contribution in [3.05, 3.63) is 241 Å². The standard InChI is InChI=1S/C57H36N2S/c1-2-19-39(20-3-1)59-52-28-10-7-23-44(52)46-35-40(32-34-53(46)59)58(51-29-14-16-37-15-4-5-21-42(37)51)41-31-33-49-55(36-41)60-54-30-11-9-26-48(54)57(49)47-25-8-6-22-43(47)45-24-12-17-38-18-13-27-50(57)56(38)45/h1-36H. The second-order valence-corrected chi connectivity index (χ2v) is 17.1. The van der Waals surface area contributed by atoms with E-state index in [-0.39, 0.29) is 0 Å². The molecule has 3 heteroatoms. The summed E-state index contributed by atoms with van der Waals surface area (Å²) in [7, 11) is 0. The second-order valence-electron chi connectivity index (χ2n) is 16.0. The van der Waals surface area contributed by atoms with Crippen LogP contribution in [0.3, 0.4) is 0 Å². The first-order valence-corrected chi connectivity index (χ1v) is 21.5. The number of aromatic nitrogens is 1. The SMILES string of the molecule is c1ccc(-n2c3ccccc3c3cc(N(c4ccc5c(c4)Sc4ccccc4C54c5ccccc5-c5cccc6cccc4c56)c4cccc5ccccc45)ccc32)cc1. The van der Waals surface area contributed by atoms with Crippen LogP contribution in [0.4, 0.5) is 17.1 Å². The molecule has 1 aliphatic heterocycles. The van der Waals surface area contributed by atoms with Crippen LogP contribution >= 0.6 is 11.8 Å². The third-order valence-electron chi connectivity index (χ3n) is 13.0. The highest BCUT2D eigenvalue weighted by Gasteiger charge is 2.48. The zero-order valence-electron chi connectivity index (χ0n) is 32.6. The largest absolute Gasteiger partial charge is 0.310 e. The minimum Gasteiger partial charge on any atom is -0.310 e. The molecule has 0 saturated carbocycles. The van der Waals surface area contributed by atoms with Gasteiger partial charge < -0.3 is 9.47 Å². The summed E-state index contributed by atoms with van der Waals surface area (Å²) in [6.45, 7) is 0. The number of fused-ring (bicyclic) bond motifs is 12. The van der Waals surface area contributed by atoms with Gasteiger partial charge in [0.15, 0.2) is 0 Å². The molecule has 1 unspecified atom stereocenters. The van der Waals surface area contributed by atoms with Gasteiger partial charge in [0.25, 0.3) is 0 Å². The van der Waals surface area contributed by atoms with Crippen molar-refractivity contribution in [3.63, 3.8) is 0 Å². The van der Waals surface area contributed by atoms with Gasteiger partial charge in [-0.1, -0.05) is 169 Å². The molecule has 10 aromatic carbocycles. The Hall–Kier alpha value is -7.33. The lowest BCUT2D eigenvalue weighted by Crippen LogP contribution is -2.36. The molecule has 11 aromatic rings. The van der Waals surface area contributed by atoms with Crippen molar-refractivity contribution in [2.75, 3.05) is 4.90 Å². The second kappa shape index (κ2) is 12.8. The van der Waals surface area contributed by atoms with E-state index in [9.17, 15) is 0 Å². The highest BCUT2D eigenvalue weighted by atomic mass is 32.2. The highest BCUT2D eigenvalue weighted by molar-refractivity contribution is 7.99. The summed E-state index contributed by atoms with van der Waals surface area (Å²) >= 11 is 1.90. The van der Waals surface area contributed by atoms with Gasteiger partial charge in [-0.05, 0) is 110 Å². The van der Waals surface area contributed by atoms with Gasteiger partial charge in [-0.15, -0.1) is 0 Å². The van der Waals surface area contributed by atoms with E-state index in [1.54, 1.807) is 0 Å². The number of benzene rings is 10. The Morgan fingerprint density at radius 3 is 1.92 bits per heavy atom. The zero-order chi connectivity index (χ0) is 39.4. The van der Waals surface area contributed by atoms with Crippen molar-refractivity contribution >= 4 is 72.2 Å². The van der Waals surface area contributed by atoms with E-state index >= 15 is 0 Å². The van der Waals surface area contributed by atoms with Crippen LogP contribution < -0.4 is 4.90 Å². The fraction of sp³-hybridized carbons (Fsp3) is 0.0175. The molecule has 2 heterocycles.